The van der Waals surface area contributed by atoms with Gasteiger partial charge >= 0.3 is 6.16 Å². The van der Waals surface area contributed by atoms with Crippen LogP contribution in [0.15, 0.2) is 12.1 Å². The molecule has 0 unspecified atom stereocenters. The molecule has 2 aromatic carbocycles. The molecule has 1 saturated carbocycles. The zero-order valence-corrected chi connectivity index (χ0v) is 19.4. The summed E-state index contributed by atoms with van der Waals surface area (Å²) in [6.45, 7) is 0. The van der Waals surface area contributed by atoms with Crippen LogP contribution in [0.25, 0.3) is 0 Å². The molecule has 11 heteroatoms. The number of aromatic hydroxyl groups is 2. The van der Waals surface area contributed by atoms with Crippen molar-refractivity contribution in [2.45, 2.75) is 36.9 Å². The molecule has 1 spiro atoms. The van der Waals surface area contributed by atoms with Gasteiger partial charge in [0.15, 0.2) is 11.5 Å². The first-order valence-electron chi connectivity index (χ1n) is 8.71. The van der Waals surface area contributed by atoms with Gasteiger partial charge in [-0.25, -0.2) is 4.79 Å². The Kier molecular flexibility index (Phi) is 5.62. The Morgan fingerprint density at radius 1 is 0.733 bits per heavy atom. The molecule has 1 saturated heterocycles. The second-order valence-electron chi connectivity index (χ2n) is 7.08. The van der Waals surface area contributed by atoms with Gasteiger partial charge in [-0.15, -0.1) is 0 Å². The van der Waals surface area contributed by atoms with Gasteiger partial charge in [0, 0.05) is 6.42 Å². The van der Waals surface area contributed by atoms with Crippen molar-refractivity contribution in [3.8, 4) is 11.5 Å². The summed E-state index contributed by atoms with van der Waals surface area (Å²) in [5.74, 6) is -2.28. The van der Waals surface area contributed by atoms with Gasteiger partial charge in [-0.2, -0.15) is 0 Å². The fraction of sp³-hybridized carbons (Fsp3) is 0.316. The minimum absolute atomic E-state index is 0.0252. The van der Waals surface area contributed by atoms with Crippen LogP contribution in [-0.4, -0.2) is 22.2 Å². The lowest BCUT2D eigenvalue weighted by Gasteiger charge is -2.56. The number of carbonyl (C=O) groups excluding carboxylic acids is 1. The SMILES string of the molecule is O=C1OC2(CCCCC2(c2cc(Cl)c(O)c(Cl)c2Cl)c2cc(Cl)c(O)c(Cl)c2Cl)O1. The Labute approximate surface area is 201 Å². The van der Waals surface area contributed by atoms with Crippen LogP contribution in [0.2, 0.25) is 30.1 Å². The summed E-state index contributed by atoms with van der Waals surface area (Å²) in [6.07, 6.45) is 1.15. The molecule has 0 atom stereocenters. The highest BCUT2D eigenvalue weighted by atomic mass is 35.5. The first kappa shape index (κ1) is 22.3. The highest BCUT2D eigenvalue weighted by Crippen LogP contribution is 2.62. The number of halogens is 6. The smallest absolute Gasteiger partial charge is 0.505 e. The topological polar surface area (TPSA) is 76.0 Å². The largest absolute Gasteiger partial charge is 0.515 e. The van der Waals surface area contributed by atoms with Crippen LogP contribution in [0.5, 0.6) is 11.5 Å². The van der Waals surface area contributed by atoms with Crippen molar-refractivity contribution in [1.82, 2.24) is 0 Å². The van der Waals surface area contributed by atoms with Gasteiger partial charge in [0.25, 0.3) is 5.79 Å². The minimum atomic E-state index is -1.48. The monoisotopic (exact) mass is 530 g/mol. The normalized spacial score (nSPS) is 19.2. The van der Waals surface area contributed by atoms with Crippen LogP contribution in [0, 0.1) is 0 Å². The van der Waals surface area contributed by atoms with Gasteiger partial charge in [0.2, 0.25) is 0 Å². The van der Waals surface area contributed by atoms with Gasteiger partial charge in [-0.1, -0.05) is 76.0 Å². The summed E-state index contributed by atoms with van der Waals surface area (Å²) in [5.41, 5.74) is -0.706. The fourth-order valence-electron chi connectivity index (χ4n) is 4.32. The van der Waals surface area contributed by atoms with E-state index < -0.39 is 28.9 Å². The molecule has 1 aliphatic carbocycles. The van der Waals surface area contributed by atoms with Gasteiger partial charge in [-0.3, -0.25) is 0 Å². The van der Waals surface area contributed by atoms with Crippen LogP contribution >= 0.6 is 69.6 Å². The molecular weight excluding hydrogens is 521 g/mol. The molecule has 1 heterocycles. The van der Waals surface area contributed by atoms with Crippen molar-refractivity contribution < 1.29 is 24.5 Å². The summed E-state index contributed by atoms with van der Waals surface area (Å²) < 4.78 is 11.1. The molecule has 0 aromatic heterocycles. The maximum Gasteiger partial charge on any atom is 0.515 e. The maximum absolute atomic E-state index is 11.8. The minimum Gasteiger partial charge on any atom is -0.505 e. The average molecular weight is 533 g/mol. The molecule has 30 heavy (non-hydrogen) atoms. The Balaban J connectivity index is 2.13. The third-order valence-electron chi connectivity index (χ3n) is 5.64. The van der Waals surface area contributed by atoms with E-state index in [0.717, 1.165) is 0 Å². The van der Waals surface area contributed by atoms with E-state index >= 15 is 0 Å². The summed E-state index contributed by atoms with van der Waals surface area (Å²) in [4.78, 5) is 11.8. The third kappa shape index (κ3) is 2.94. The van der Waals surface area contributed by atoms with E-state index in [1.54, 1.807) is 0 Å². The molecule has 4 rings (SSSR count). The average Bonchev–Trinajstić information content (AvgIpc) is 2.70. The number of phenolic OH excluding ortho intramolecular Hbond substituents is 2. The zero-order chi connectivity index (χ0) is 22.0. The molecule has 2 aromatic rings. The first-order valence-corrected chi connectivity index (χ1v) is 11.0. The lowest BCUT2D eigenvalue weighted by molar-refractivity contribution is -0.312. The second kappa shape index (κ2) is 7.58. The predicted octanol–water partition coefficient (Wildman–Crippen LogP) is 7.74. The summed E-state index contributed by atoms with van der Waals surface area (Å²) in [6, 6.07) is 2.83. The predicted molar refractivity (Wildman–Crippen MR) is 116 cm³/mol. The Hall–Kier alpha value is -0.950. The number of ether oxygens (including phenoxy) is 2. The van der Waals surface area contributed by atoms with Crippen LogP contribution in [0.3, 0.4) is 0 Å². The van der Waals surface area contributed by atoms with Crippen molar-refractivity contribution in [2.75, 3.05) is 0 Å². The molecule has 2 fully saturated rings. The summed E-state index contributed by atoms with van der Waals surface area (Å²) in [7, 11) is 0. The quantitative estimate of drug-likeness (QED) is 0.305. The van der Waals surface area contributed by atoms with Crippen LogP contribution in [0.4, 0.5) is 4.79 Å². The molecule has 5 nitrogen and oxygen atoms in total. The van der Waals surface area contributed by atoms with Crippen molar-refractivity contribution in [3.05, 3.63) is 53.4 Å². The molecular formula is C19H12Cl6O5. The van der Waals surface area contributed by atoms with Crippen molar-refractivity contribution in [1.29, 1.82) is 0 Å². The lowest BCUT2D eigenvalue weighted by atomic mass is 9.60. The second-order valence-corrected chi connectivity index (χ2v) is 9.41. The van der Waals surface area contributed by atoms with Crippen molar-refractivity contribution in [2.24, 2.45) is 0 Å². The molecule has 0 bridgehead atoms. The molecule has 2 N–H and O–H groups in total. The third-order valence-corrected chi connectivity index (χ3v) is 7.93. The van der Waals surface area contributed by atoms with Crippen molar-refractivity contribution in [3.63, 3.8) is 0 Å². The molecule has 1 aliphatic heterocycles. The van der Waals surface area contributed by atoms with Crippen molar-refractivity contribution >= 4 is 75.8 Å². The molecule has 2 aliphatic rings. The molecule has 160 valence electrons. The van der Waals surface area contributed by atoms with E-state index in [0.29, 0.717) is 36.8 Å². The van der Waals surface area contributed by atoms with Gasteiger partial charge in [0.05, 0.1) is 20.1 Å². The standard InChI is InChI=1S/C19H12Cl6O5/c20-9-5-7(11(22)13(24)15(9)26)18(3-1-2-4-19(18)29-17(28)30-19)8-6-10(21)16(27)14(25)12(8)23/h5-6,26-27H,1-4H2. The summed E-state index contributed by atoms with van der Waals surface area (Å²) in [5, 5.41) is 19.7. The first-order chi connectivity index (χ1) is 14.1. The number of hydrogen-bond acceptors (Lipinski definition) is 5. The fourth-order valence-corrected chi connectivity index (χ4v) is 5.84. The van der Waals surface area contributed by atoms with E-state index in [-0.39, 0.29) is 30.1 Å². The Bertz CT molecular complexity index is 1010. The van der Waals surface area contributed by atoms with Crippen LogP contribution < -0.4 is 0 Å². The molecule has 0 amide bonds. The zero-order valence-electron chi connectivity index (χ0n) is 14.9. The Morgan fingerprint density at radius 3 is 1.60 bits per heavy atom. The lowest BCUT2D eigenvalue weighted by Crippen LogP contribution is -2.65. The van der Waals surface area contributed by atoms with E-state index in [1.807, 2.05) is 0 Å². The highest BCUT2D eigenvalue weighted by molar-refractivity contribution is 6.46. The van der Waals surface area contributed by atoms with Gasteiger partial charge in [-0.05, 0) is 36.1 Å². The van der Waals surface area contributed by atoms with Crippen LogP contribution in [-0.2, 0) is 14.9 Å². The maximum atomic E-state index is 11.8. The number of carbonyl (C=O) groups is 1. The summed E-state index contributed by atoms with van der Waals surface area (Å²) >= 11 is 38.0. The Morgan fingerprint density at radius 2 is 1.17 bits per heavy atom. The highest BCUT2D eigenvalue weighted by Gasteiger charge is 2.67. The van der Waals surface area contributed by atoms with E-state index in [4.69, 9.17) is 79.1 Å². The number of benzene rings is 2. The van der Waals surface area contributed by atoms with E-state index in [2.05, 4.69) is 0 Å². The van der Waals surface area contributed by atoms with E-state index in [9.17, 15) is 15.0 Å². The van der Waals surface area contributed by atoms with Gasteiger partial charge < -0.3 is 19.7 Å². The number of hydrogen-bond donors (Lipinski definition) is 2. The molecule has 0 radical (unpaired) electrons. The van der Waals surface area contributed by atoms with Gasteiger partial charge in [0.1, 0.15) is 15.5 Å². The van der Waals surface area contributed by atoms with Crippen LogP contribution in [0.1, 0.15) is 36.8 Å². The number of rotatable bonds is 2. The number of phenols is 2. The van der Waals surface area contributed by atoms with E-state index in [1.165, 1.54) is 12.1 Å².